The molecular formula is C9H6ClNO2. The molecule has 3 nitrogen and oxygen atoms in total. The lowest BCUT2D eigenvalue weighted by Crippen LogP contribution is -2.24. The Kier molecular flexibility index (Phi) is 1.63. The molecule has 0 N–H and O–H groups in total. The van der Waals surface area contributed by atoms with Gasteiger partial charge in [0.1, 0.15) is 0 Å². The number of halogens is 1. The Balaban J connectivity index is 2.74. The summed E-state index contributed by atoms with van der Waals surface area (Å²) in [5.74, 6) is -0.617. The highest BCUT2D eigenvalue weighted by molar-refractivity contribution is 6.37. The average Bonchev–Trinajstić information content (AvgIpc) is 2.33. The third-order valence-corrected chi connectivity index (χ3v) is 2.38. The van der Waals surface area contributed by atoms with E-state index in [4.69, 9.17) is 11.6 Å². The molecule has 0 fully saturated rings. The van der Waals surface area contributed by atoms with Crippen LogP contribution in [0.3, 0.4) is 0 Å². The van der Waals surface area contributed by atoms with Crippen molar-refractivity contribution in [3.8, 4) is 0 Å². The van der Waals surface area contributed by atoms with Gasteiger partial charge >= 0.3 is 0 Å². The van der Waals surface area contributed by atoms with E-state index in [1.54, 1.807) is 18.2 Å². The summed E-state index contributed by atoms with van der Waals surface area (Å²) in [7, 11) is 1.45. The number of carbonyl (C=O) groups is 2. The first-order chi connectivity index (χ1) is 6.13. The number of imide groups is 1. The number of carbonyl (C=O) groups excluding carboxylic acids is 2. The van der Waals surface area contributed by atoms with Crippen LogP contribution in [0.2, 0.25) is 5.02 Å². The highest BCUT2D eigenvalue weighted by Crippen LogP contribution is 2.27. The van der Waals surface area contributed by atoms with Crippen molar-refractivity contribution in [1.29, 1.82) is 0 Å². The molecule has 1 aliphatic rings. The fraction of sp³-hybridized carbons (Fsp3) is 0.111. The highest BCUT2D eigenvalue weighted by Gasteiger charge is 2.34. The minimum Gasteiger partial charge on any atom is -0.277 e. The topological polar surface area (TPSA) is 37.4 Å². The smallest absolute Gasteiger partial charge is 0.262 e. The molecule has 0 atom stereocenters. The van der Waals surface area contributed by atoms with Crippen LogP contribution in [0.25, 0.3) is 0 Å². The predicted molar refractivity (Wildman–Crippen MR) is 47.9 cm³/mol. The van der Waals surface area contributed by atoms with E-state index in [1.807, 2.05) is 0 Å². The number of amides is 2. The highest BCUT2D eigenvalue weighted by atomic mass is 35.5. The second kappa shape index (κ2) is 2.57. The van der Waals surface area contributed by atoms with E-state index in [0.717, 1.165) is 4.90 Å². The summed E-state index contributed by atoms with van der Waals surface area (Å²) in [6.45, 7) is 0. The molecule has 0 saturated heterocycles. The zero-order valence-corrected chi connectivity index (χ0v) is 7.63. The number of rotatable bonds is 0. The first-order valence-electron chi connectivity index (χ1n) is 3.74. The van der Waals surface area contributed by atoms with Crippen LogP contribution >= 0.6 is 11.6 Å². The number of nitrogens with zero attached hydrogens (tertiary/aromatic N) is 1. The summed E-state index contributed by atoms with van der Waals surface area (Å²) in [5.41, 5.74) is 0.705. The van der Waals surface area contributed by atoms with Crippen LogP contribution in [0.1, 0.15) is 20.7 Å². The molecule has 66 valence electrons. The molecule has 13 heavy (non-hydrogen) atoms. The van der Waals surface area contributed by atoms with Crippen LogP contribution in [-0.2, 0) is 0 Å². The molecule has 0 aromatic heterocycles. The Bertz CT molecular complexity index is 414. The van der Waals surface area contributed by atoms with E-state index in [2.05, 4.69) is 0 Å². The van der Waals surface area contributed by atoms with Crippen molar-refractivity contribution in [2.75, 3.05) is 7.05 Å². The Morgan fingerprint density at radius 1 is 1.23 bits per heavy atom. The fourth-order valence-corrected chi connectivity index (χ4v) is 1.62. The van der Waals surface area contributed by atoms with Gasteiger partial charge in [0, 0.05) is 7.05 Å². The van der Waals surface area contributed by atoms with Crippen LogP contribution in [0, 0.1) is 0 Å². The maximum Gasteiger partial charge on any atom is 0.262 e. The van der Waals surface area contributed by atoms with Gasteiger partial charge in [-0.1, -0.05) is 17.7 Å². The summed E-state index contributed by atoms with van der Waals surface area (Å²) >= 11 is 5.80. The lowest BCUT2D eigenvalue weighted by molar-refractivity contribution is 0.0693. The molecule has 0 unspecified atom stereocenters. The van der Waals surface area contributed by atoms with Crippen LogP contribution in [-0.4, -0.2) is 23.8 Å². The lowest BCUT2D eigenvalue weighted by Gasteiger charge is -2.02. The minimum atomic E-state index is -0.328. The van der Waals surface area contributed by atoms with Crippen molar-refractivity contribution in [1.82, 2.24) is 4.90 Å². The average molecular weight is 196 g/mol. The molecule has 0 bridgehead atoms. The second-order valence-corrected chi connectivity index (χ2v) is 3.24. The van der Waals surface area contributed by atoms with Gasteiger partial charge in [-0.05, 0) is 12.1 Å². The normalized spacial score (nSPS) is 15.1. The van der Waals surface area contributed by atoms with Gasteiger partial charge in [-0.15, -0.1) is 0 Å². The summed E-state index contributed by atoms with van der Waals surface area (Å²) < 4.78 is 0. The fourth-order valence-electron chi connectivity index (χ4n) is 1.36. The molecule has 0 radical (unpaired) electrons. The van der Waals surface area contributed by atoms with Crippen molar-refractivity contribution in [3.05, 3.63) is 34.3 Å². The Morgan fingerprint density at radius 3 is 2.54 bits per heavy atom. The maximum absolute atomic E-state index is 11.4. The van der Waals surface area contributed by atoms with Gasteiger partial charge in [0.15, 0.2) is 0 Å². The number of hydrogen-bond donors (Lipinski definition) is 0. The molecule has 2 amide bonds. The molecule has 0 spiro atoms. The largest absolute Gasteiger partial charge is 0.277 e. The van der Waals surface area contributed by atoms with E-state index >= 15 is 0 Å². The molecule has 1 aromatic rings. The van der Waals surface area contributed by atoms with E-state index in [9.17, 15) is 9.59 Å². The van der Waals surface area contributed by atoms with Gasteiger partial charge in [0.25, 0.3) is 11.8 Å². The summed E-state index contributed by atoms with van der Waals surface area (Å²) in [6, 6.07) is 4.86. The second-order valence-electron chi connectivity index (χ2n) is 2.83. The van der Waals surface area contributed by atoms with Crippen molar-refractivity contribution in [2.24, 2.45) is 0 Å². The first kappa shape index (κ1) is 8.26. The first-order valence-corrected chi connectivity index (χ1v) is 4.11. The van der Waals surface area contributed by atoms with Gasteiger partial charge in [-0.2, -0.15) is 0 Å². The van der Waals surface area contributed by atoms with E-state index in [1.165, 1.54) is 7.05 Å². The molecule has 2 rings (SSSR count). The summed E-state index contributed by atoms with van der Waals surface area (Å²) in [5, 5.41) is 0.334. The standard InChI is InChI=1S/C9H6ClNO2/c1-11-8(12)5-3-2-4-6(10)7(5)9(11)13/h2-4H,1H3. The van der Waals surface area contributed by atoms with Crippen molar-refractivity contribution in [2.45, 2.75) is 0 Å². The molecule has 1 heterocycles. The van der Waals surface area contributed by atoms with Crippen LogP contribution in [0.15, 0.2) is 18.2 Å². The molecule has 0 aliphatic carbocycles. The molecule has 0 saturated carbocycles. The van der Waals surface area contributed by atoms with Crippen molar-refractivity contribution in [3.63, 3.8) is 0 Å². The third-order valence-electron chi connectivity index (χ3n) is 2.07. The van der Waals surface area contributed by atoms with E-state index in [-0.39, 0.29) is 11.8 Å². The Hall–Kier alpha value is -1.35. The molecule has 1 aliphatic heterocycles. The van der Waals surface area contributed by atoms with Gasteiger partial charge < -0.3 is 0 Å². The predicted octanol–water partition coefficient (Wildman–Crippen LogP) is 1.57. The van der Waals surface area contributed by atoms with E-state index < -0.39 is 0 Å². The molecule has 1 aromatic carbocycles. The quantitative estimate of drug-likeness (QED) is 0.590. The summed E-state index contributed by atoms with van der Waals surface area (Å²) in [6.07, 6.45) is 0. The van der Waals surface area contributed by atoms with Gasteiger partial charge in [-0.3, -0.25) is 14.5 Å². The number of hydrogen-bond acceptors (Lipinski definition) is 2. The van der Waals surface area contributed by atoms with Gasteiger partial charge in [0.2, 0.25) is 0 Å². The van der Waals surface area contributed by atoms with Gasteiger partial charge in [0.05, 0.1) is 16.1 Å². The zero-order chi connectivity index (χ0) is 9.59. The van der Waals surface area contributed by atoms with E-state index in [0.29, 0.717) is 16.1 Å². The van der Waals surface area contributed by atoms with Crippen LogP contribution in [0.5, 0.6) is 0 Å². The van der Waals surface area contributed by atoms with Gasteiger partial charge in [-0.25, -0.2) is 0 Å². The maximum atomic E-state index is 11.4. The SMILES string of the molecule is CN1C(=O)c2cccc(Cl)c2C1=O. The molecule has 4 heteroatoms. The minimum absolute atomic E-state index is 0.289. The van der Waals surface area contributed by atoms with Crippen molar-refractivity contribution < 1.29 is 9.59 Å². The number of fused-ring (bicyclic) bond motifs is 1. The van der Waals surface area contributed by atoms with Crippen molar-refractivity contribution >= 4 is 23.4 Å². The number of benzene rings is 1. The third kappa shape index (κ3) is 0.971. The molecular weight excluding hydrogens is 190 g/mol. The zero-order valence-electron chi connectivity index (χ0n) is 6.87. The van der Waals surface area contributed by atoms with Crippen LogP contribution < -0.4 is 0 Å². The Labute approximate surface area is 79.9 Å². The van der Waals surface area contributed by atoms with Crippen LogP contribution in [0.4, 0.5) is 0 Å². The Morgan fingerprint density at radius 2 is 1.92 bits per heavy atom. The lowest BCUT2D eigenvalue weighted by atomic mass is 10.1. The summed E-state index contributed by atoms with van der Waals surface area (Å²) in [4.78, 5) is 23.9. The monoisotopic (exact) mass is 195 g/mol.